The van der Waals surface area contributed by atoms with Crippen molar-refractivity contribution in [2.75, 3.05) is 26.7 Å². The lowest BCUT2D eigenvalue weighted by Gasteiger charge is -2.40. The van der Waals surface area contributed by atoms with Crippen molar-refractivity contribution < 1.29 is 8.42 Å². The van der Waals surface area contributed by atoms with Crippen molar-refractivity contribution in [3.63, 3.8) is 0 Å². The maximum atomic E-state index is 12.9. The molecule has 2 aromatic rings. The molecule has 4 rings (SSSR count). The van der Waals surface area contributed by atoms with Crippen LogP contribution in [0.1, 0.15) is 37.4 Å². The molecule has 2 heterocycles. The van der Waals surface area contributed by atoms with E-state index in [1.54, 1.807) is 11.4 Å². The highest BCUT2D eigenvalue weighted by Gasteiger charge is 2.46. The molecule has 1 spiro atoms. The van der Waals surface area contributed by atoms with Crippen molar-refractivity contribution in [2.45, 2.75) is 38.0 Å². The number of hydrogen-bond acceptors (Lipinski definition) is 4. The van der Waals surface area contributed by atoms with Crippen LogP contribution in [0.2, 0.25) is 0 Å². The molecule has 1 aromatic heterocycles. The normalized spacial score (nSPS) is 23.1. The molecule has 1 atom stereocenters. The topological polar surface area (TPSA) is 66.4 Å². The maximum Gasteiger partial charge on any atom is 0.281 e. The summed E-state index contributed by atoms with van der Waals surface area (Å²) in [5, 5.41) is 0. The van der Waals surface area contributed by atoms with Gasteiger partial charge in [-0.25, -0.2) is 9.97 Å². The molecular formula is C20H26N4O2S. The highest BCUT2D eigenvalue weighted by atomic mass is 32.2. The van der Waals surface area contributed by atoms with E-state index in [1.165, 1.54) is 4.31 Å². The van der Waals surface area contributed by atoms with Crippen molar-refractivity contribution >= 4 is 10.2 Å². The molecule has 6 nitrogen and oxygen atoms in total. The fourth-order valence-electron chi connectivity index (χ4n) is 4.31. The Kier molecular flexibility index (Phi) is 4.78. The summed E-state index contributed by atoms with van der Waals surface area (Å²) in [6.07, 6.45) is 5.64. The van der Waals surface area contributed by atoms with Gasteiger partial charge in [-0.05, 0) is 31.2 Å². The zero-order valence-electron chi connectivity index (χ0n) is 15.9. The van der Waals surface area contributed by atoms with Crippen molar-refractivity contribution in [1.29, 1.82) is 0 Å². The first-order chi connectivity index (χ1) is 13.0. The molecule has 0 amide bonds. The first-order valence-electron chi connectivity index (χ1n) is 9.59. The van der Waals surface area contributed by atoms with E-state index in [0.29, 0.717) is 19.6 Å². The van der Waals surface area contributed by atoms with E-state index in [-0.39, 0.29) is 5.41 Å². The summed E-state index contributed by atoms with van der Waals surface area (Å²) in [6.45, 7) is 3.43. The summed E-state index contributed by atoms with van der Waals surface area (Å²) in [5.41, 5.74) is 3.02. The lowest BCUT2D eigenvalue weighted by molar-refractivity contribution is 0.210. The number of nitrogens with zero attached hydrogens (tertiary/aromatic N) is 4. The van der Waals surface area contributed by atoms with Gasteiger partial charge in [-0.15, -0.1) is 0 Å². The first kappa shape index (κ1) is 18.5. The molecular weight excluding hydrogens is 360 g/mol. The molecule has 1 aliphatic carbocycles. The Morgan fingerprint density at radius 3 is 2.74 bits per heavy atom. The lowest BCUT2D eigenvalue weighted by atomic mass is 9.78. The molecule has 1 fully saturated rings. The van der Waals surface area contributed by atoms with Gasteiger partial charge in [0.2, 0.25) is 0 Å². The first-order valence-corrected chi connectivity index (χ1v) is 11.0. The Morgan fingerprint density at radius 2 is 2.00 bits per heavy atom. The van der Waals surface area contributed by atoms with E-state index < -0.39 is 10.2 Å². The molecule has 0 saturated carbocycles. The van der Waals surface area contributed by atoms with E-state index in [0.717, 1.165) is 48.3 Å². The summed E-state index contributed by atoms with van der Waals surface area (Å²) < 4.78 is 28.8. The molecule has 1 aliphatic heterocycles. The summed E-state index contributed by atoms with van der Waals surface area (Å²) in [7, 11) is -1.77. The fraction of sp³-hybridized carbons (Fsp3) is 0.500. The Morgan fingerprint density at radius 1 is 1.22 bits per heavy atom. The number of rotatable bonds is 4. The zero-order chi connectivity index (χ0) is 19.1. The minimum atomic E-state index is -3.42. The number of piperidine rings is 1. The van der Waals surface area contributed by atoms with Crippen LogP contribution in [0.3, 0.4) is 0 Å². The van der Waals surface area contributed by atoms with Crippen LogP contribution in [0.15, 0.2) is 36.5 Å². The van der Waals surface area contributed by atoms with E-state index in [2.05, 4.69) is 4.98 Å². The molecule has 1 aromatic carbocycles. The van der Waals surface area contributed by atoms with Crippen LogP contribution in [0.5, 0.6) is 0 Å². The van der Waals surface area contributed by atoms with E-state index in [1.807, 2.05) is 43.5 Å². The van der Waals surface area contributed by atoms with Gasteiger partial charge in [0.05, 0.1) is 5.69 Å². The summed E-state index contributed by atoms with van der Waals surface area (Å²) in [6, 6.07) is 9.97. The summed E-state index contributed by atoms with van der Waals surface area (Å²) >= 11 is 0. The number of fused-ring (bicyclic) bond motifs is 2. The van der Waals surface area contributed by atoms with E-state index >= 15 is 0 Å². The standard InChI is InChI=1S/C20H26N4O2S/c1-3-23(2)27(25,26)24-13-7-11-20(15-24)12-10-17-14-21-19(22-18(17)20)16-8-5-4-6-9-16/h4-6,8-9,14H,3,7,10-13,15H2,1-2H3. The van der Waals surface area contributed by atoms with Gasteiger partial charge in [-0.3, -0.25) is 0 Å². The van der Waals surface area contributed by atoms with Crippen LogP contribution < -0.4 is 0 Å². The van der Waals surface area contributed by atoms with Crippen molar-refractivity contribution in [3.8, 4) is 11.4 Å². The van der Waals surface area contributed by atoms with Crippen molar-refractivity contribution in [3.05, 3.63) is 47.8 Å². The predicted molar refractivity (Wildman–Crippen MR) is 105 cm³/mol. The second kappa shape index (κ2) is 6.96. The highest BCUT2D eigenvalue weighted by molar-refractivity contribution is 7.86. The van der Waals surface area contributed by atoms with Gasteiger partial charge >= 0.3 is 0 Å². The minimum Gasteiger partial charge on any atom is -0.236 e. The summed E-state index contributed by atoms with van der Waals surface area (Å²) in [4.78, 5) is 9.49. The van der Waals surface area contributed by atoms with Gasteiger partial charge in [0.1, 0.15) is 0 Å². The third-order valence-electron chi connectivity index (χ3n) is 5.98. The molecule has 27 heavy (non-hydrogen) atoms. The van der Waals surface area contributed by atoms with Crippen LogP contribution >= 0.6 is 0 Å². The predicted octanol–water partition coefficient (Wildman–Crippen LogP) is 2.62. The number of aromatic nitrogens is 2. The molecule has 2 aliphatic rings. The molecule has 144 valence electrons. The number of benzene rings is 1. The van der Waals surface area contributed by atoms with Crippen molar-refractivity contribution in [1.82, 2.24) is 18.6 Å². The second-order valence-corrected chi connectivity index (χ2v) is 9.61. The Bertz CT molecular complexity index is 928. The number of aryl methyl sites for hydroxylation is 1. The molecule has 0 bridgehead atoms. The second-order valence-electron chi connectivity index (χ2n) is 7.57. The SMILES string of the molecule is CCN(C)S(=O)(=O)N1CCCC2(CCc3cnc(-c4ccccc4)nc32)C1. The minimum absolute atomic E-state index is 0.193. The van der Waals surface area contributed by atoms with Gasteiger partial charge in [-0.1, -0.05) is 37.3 Å². The van der Waals surface area contributed by atoms with Gasteiger partial charge in [-0.2, -0.15) is 17.0 Å². The maximum absolute atomic E-state index is 12.9. The molecule has 1 unspecified atom stereocenters. The zero-order valence-corrected chi connectivity index (χ0v) is 16.7. The molecule has 7 heteroatoms. The van der Waals surface area contributed by atoms with Crippen molar-refractivity contribution in [2.24, 2.45) is 0 Å². The smallest absolute Gasteiger partial charge is 0.236 e. The molecule has 0 N–H and O–H groups in total. The van der Waals surface area contributed by atoms with E-state index in [9.17, 15) is 8.42 Å². The molecule has 0 radical (unpaired) electrons. The third-order valence-corrected chi connectivity index (χ3v) is 7.99. The van der Waals surface area contributed by atoms with Crippen LogP contribution in [0, 0.1) is 0 Å². The van der Waals surface area contributed by atoms with Crippen LogP contribution in [0.25, 0.3) is 11.4 Å². The Balaban J connectivity index is 1.70. The highest BCUT2D eigenvalue weighted by Crippen LogP contribution is 2.45. The van der Waals surface area contributed by atoms with Crippen LogP contribution in [0.4, 0.5) is 0 Å². The number of hydrogen-bond donors (Lipinski definition) is 0. The monoisotopic (exact) mass is 386 g/mol. The lowest BCUT2D eigenvalue weighted by Crippen LogP contribution is -2.51. The quantitative estimate of drug-likeness (QED) is 0.810. The Hall–Kier alpha value is -1.83. The Labute approximate surface area is 161 Å². The average Bonchev–Trinajstić information content (AvgIpc) is 3.05. The van der Waals surface area contributed by atoms with Crippen LogP contribution in [-0.4, -0.2) is 53.7 Å². The fourth-order valence-corrected chi connectivity index (χ4v) is 5.80. The van der Waals surface area contributed by atoms with Gasteiger partial charge < -0.3 is 0 Å². The largest absolute Gasteiger partial charge is 0.281 e. The molecule has 1 saturated heterocycles. The van der Waals surface area contributed by atoms with E-state index in [4.69, 9.17) is 4.98 Å². The van der Waals surface area contributed by atoms with Gasteiger partial charge in [0.15, 0.2) is 5.82 Å². The van der Waals surface area contributed by atoms with Crippen LogP contribution in [-0.2, 0) is 22.0 Å². The average molecular weight is 387 g/mol. The summed E-state index contributed by atoms with van der Waals surface area (Å²) in [5.74, 6) is 0.723. The van der Waals surface area contributed by atoms with Gasteiger partial charge in [0, 0.05) is 43.9 Å². The third kappa shape index (κ3) is 3.17. The van der Waals surface area contributed by atoms with Gasteiger partial charge in [0.25, 0.3) is 10.2 Å².